The van der Waals surface area contributed by atoms with Gasteiger partial charge in [0, 0.05) is 54.6 Å². The predicted molar refractivity (Wildman–Crippen MR) is 144 cm³/mol. The van der Waals surface area contributed by atoms with Gasteiger partial charge in [-0.05, 0) is 18.5 Å². The molecule has 278 valence electrons. The summed E-state index contributed by atoms with van der Waals surface area (Å²) in [7, 11) is 2.47. The Balaban J connectivity index is 4.47. The van der Waals surface area contributed by atoms with E-state index in [1.165, 1.54) is 21.3 Å². The molecular formula is C25H43F13O6Si2. The van der Waals surface area contributed by atoms with Crippen molar-refractivity contribution in [2.75, 3.05) is 48.8 Å². The van der Waals surface area contributed by atoms with Crippen molar-refractivity contribution in [3.8, 4) is 0 Å². The number of hydrogen-bond acceptors (Lipinski definition) is 6. The highest BCUT2D eigenvalue weighted by Crippen LogP contribution is 2.60. The lowest BCUT2D eigenvalue weighted by molar-refractivity contribution is -0.440. The fourth-order valence-electron chi connectivity index (χ4n) is 4.44. The second-order valence-corrected chi connectivity index (χ2v) is 17.3. The van der Waals surface area contributed by atoms with Crippen LogP contribution in [-0.2, 0) is 26.9 Å². The number of alkyl halides is 13. The Morgan fingerprint density at radius 1 is 0.413 bits per heavy atom. The quantitative estimate of drug-likeness (QED) is 0.0502. The van der Waals surface area contributed by atoms with Crippen molar-refractivity contribution in [2.24, 2.45) is 0 Å². The van der Waals surface area contributed by atoms with Gasteiger partial charge in [-0.1, -0.05) is 44.9 Å². The number of ether oxygens (including phenoxy) is 1. The molecule has 0 aromatic rings. The van der Waals surface area contributed by atoms with Crippen LogP contribution in [0, 0.1) is 0 Å². The third-order valence-corrected chi connectivity index (χ3v) is 14.5. The molecule has 0 aliphatic rings. The number of unbranched alkanes of at least 4 members (excludes halogenated alkanes) is 7. The lowest BCUT2D eigenvalue weighted by Crippen LogP contribution is -2.70. The van der Waals surface area contributed by atoms with Crippen LogP contribution in [0.3, 0.4) is 0 Å². The fraction of sp³-hybridized carbons (Fsp3) is 1.00. The molecule has 0 unspecified atom stereocenters. The topological polar surface area (TPSA) is 55.4 Å². The zero-order valence-corrected chi connectivity index (χ0v) is 28.3. The third-order valence-electron chi connectivity index (χ3n) is 7.64. The molecule has 0 aliphatic carbocycles. The number of hydrogen-bond donors (Lipinski definition) is 0. The van der Waals surface area contributed by atoms with Gasteiger partial charge in [0.25, 0.3) is 0 Å². The van der Waals surface area contributed by atoms with Crippen LogP contribution in [-0.4, -0.2) is 102 Å². The average Bonchev–Trinajstić information content (AvgIpc) is 2.98. The van der Waals surface area contributed by atoms with Crippen LogP contribution in [0.25, 0.3) is 0 Å². The molecule has 0 saturated heterocycles. The van der Waals surface area contributed by atoms with E-state index in [9.17, 15) is 57.1 Å². The van der Waals surface area contributed by atoms with Gasteiger partial charge in [0.2, 0.25) is 0 Å². The van der Waals surface area contributed by atoms with Gasteiger partial charge in [0.05, 0.1) is 6.61 Å². The van der Waals surface area contributed by atoms with Crippen molar-refractivity contribution in [3.05, 3.63) is 0 Å². The summed E-state index contributed by atoms with van der Waals surface area (Å²) in [4.78, 5) is 0. The summed E-state index contributed by atoms with van der Waals surface area (Å²) in [5.41, 5.74) is 0. The maximum absolute atomic E-state index is 13.8. The van der Waals surface area contributed by atoms with E-state index in [0.717, 1.165) is 38.1 Å². The van der Waals surface area contributed by atoms with Gasteiger partial charge in [-0.25, -0.2) is 0 Å². The van der Waals surface area contributed by atoms with Gasteiger partial charge < -0.3 is 26.9 Å². The molecule has 0 bridgehead atoms. The van der Waals surface area contributed by atoms with E-state index >= 15 is 0 Å². The summed E-state index contributed by atoms with van der Waals surface area (Å²) in [5, 5.41) is 0. The highest BCUT2D eigenvalue weighted by molar-refractivity contribution is 6.70. The van der Waals surface area contributed by atoms with Gasteiger partial charge in [-0.3, -0.25) is 0 Å². The highest BCUT2D eigenvalue weighted by Gasteiger charge is 2.90. The predicted octanol–water partition coefficient (Wildman–Crippen LogP) is 8.87. The molecule has 0 amide bonds. The highest BCUT2D eigenvalue weighted by atomic mass is 28.4. The molecule has 0 radical (unpaired) electrons. The summed E-state index contributed by atoms with van der Waals surface area (Å²) < 4.78 is 203. The van der Waals surface area contributed by atoms with Crippen molar-refractivity contribution in [1.29, 1.82) is 0 Å². The first-order valence-electron chi connectivity index (χ1n) is 14.3. The Kier molecular flexibility index (Phi) is 18.0. The van der Waals surface area contributed by atoms with Gasteiger partial charge in [-0.15, -0.1) is 0 Å². The van der Waals surface area contributed by atoms with E-state index in [1.807, 2.05) is 0 Å². The Bertz CT molecular complexity index is 850. The maximum atomic E-state index is 13.8. The Morgan fingerprint density at radius 2 is 0.826 bits per heavy atom. The number of rotatable bonds is 26. The maximum Gasteiger partial charge on any atom is 0.500 e. The van der Waals surface area contributed by atoms with E-state index in [-0.39, 0.29) is 13.0 Å². The second kappa shape index (κ2) is 18.3. The van der Waals surface area contributed by atoms with Crippen molar-refractivity contribution in [1.82, 2.24) is 0 Å². The van der Waals surface area contributed by atoms with E-state index in [0.29, 0.717) is 24.9 Å². The van der Waals surface area contributed by atoms with Gasteiger partial charge in [-0.2, -0.15) is 57.1 Å². The Morgan fingerprint density at radius 3 is 1.24 bits per heavy atom. The van der Waals surface area contributed by atoms with E-state index < -0.39 is 66.2 Å². The molecule has 0 saturated carbocycles. The Hall–Kier alpha value is -0.716. The molecule has 0 atom stereocenters. The summed E-state index contributed by atoms with van der Waals surface area (Å²) in [6, 6.07) is 1.89. The monoisotopic (exact) mass is 742 g/mol. The van der Waals surface area contributed by atoms with Crippen LogP contribution >= 0.6 is 0 Å². The molecule has 0 N–H and O–H groups in total. The van der Waals surface area contributed by atoms with Gasteiger partial charge in [0.1, 0.15) is 0 Å². The minimum absolute atomic E-state index is 0.235. The minimum atomic E-state index is -7.89. The van der Waals surface area contributed by atoms with E-state index in [2.05, 4.69) is 4.74 Å². The van der Waals surface area contributed by atoms with E-state index in [1.54, 1.807) is 14.2 Å². The van der Waals surface area contributed by atoms with Crippen molar-refractivity contribution < 1.29 is 83.9 Å². The van der Waals surface area contributed by atoms with Crippen molar-refractivity contribution in [3.63, 3.8) is 0 Å². The van der Waals surface area contributed by atoms with Crippen LogP contribution in [0.1, 0.15) is 57.8 Å². The van der Waals surface area contributed by atoms with Gasteiger partial charge in [0.15, 0.2) is 0 Å². The van der Waals surface area contributed by atoms with Crippen molar-refractivity contribution >= 4 is 17.4 Å². The molecule has 0 rings (SSSR count). The van der Waals surface area contributed by atoms with Crippen LogP contribution in [0.2, 0.25) is 18.1 Å². The molecule has 0 fully saturated rings. The third kappa shape index (κ3) is 10.9. The van der Waals surface area contributed by atoms with Gasteiger partial charge >= 0.3 is 53.2 Å². The molecule has 21 heteroatoms. The summed E-state index contributed by atoms with van der Waals surface area (Å²) in [6.07, 6.45) is -4.06. The first-order valence-corrected chi connectivity index (χ1v) is 18.4. The van der Waals surface area contributed by atoms with Crippen molar-refractivity contribution in [2.45, 2.75) is 112 Å². The van der Waals surface area contributed by atoms with Crippen LogP contribution in [0.5, 0.6) is 0 Å². The lowest BCUT2D eigenvalue weighted by atomic mass is 9.93. The molecule has 0 aromatic carbocycles. The normalized spacial score (nSPS) is 14.7. The van der Waals surface area contributed by atoms with Crippen LogP contribution in [0.15, 0.2) is 0 Å². The molecule has 0 heterocycles. The zero-order chi connectivity index (χ0) is 36.1. The second-order valence-electron chi connectivity index (χ2n) is 10.6. The zero-order valence-electron chi connectivity index (χ0n) is 26.3. The summed E-state index contributed by atoms with van der Waals surface area (Å²) in [6.45, 7) is -1.68. The largest absolute Gasteiger partial charge is 0.500 e. The molecule has 6 nitrogen and oxygen atoms in total. The molecule has 0 aliphatic heterocycles. The molecular weight excluding hydrogens is 699 g/mol. The minimum Gasteiger partial charge on any atom is -0.398 e. The van der Waals surface area contributed by atoms with E-state index in [4.69, 9.17) is 22.1 Å². The lowest BCUT2D eigenvalue weighted by Gasteiger charge is -2.39. The smallest absolute Gasteiger partial charge is 0.398 e. The first kappa shape index (κ1) is 45.3. The molecule has 46 heavy (non-hydrogen) atoms. The SMILES string of the molecule is CO[Si](CCCCCCCCCCOCCC(F)(F)C(F)(F)C(F)(F)C(F)(F)C(F)(F)C(F)(F)F)(CC[Si](OC)(OC)OC)OC. The summed E-state index contributed by atoms with van der Waals surface area (Å²) in [5.74, 6) is -36.8. The van der Waals surface area contributed by atoms with Crippen LogP contribution in [0.4, 0.5) is 57.1 Å². The summed E-state index contributed by atoms with van der Waals surface area (Å²) >= 11 is 0. The average molecular weight is 743 g/mol. The first-order chi connectivity index (χ1) is 21.0. The molecule has 0 spiro atoms. The molecule has 0 aromatic heterocycles. The number of halogens is 13. The van der Waals surface area contributed by atoms with Crippen LogP contribution < -0.4 is 0 Å². The standard InChI is InChI=1S/C25H43F13O6Si2/c1-39-45(40-2,18-19-46(41-3,42-4)43-5)17-13-11-9-7-6-8-10-12-15-44-16-14-20(26,27)21(28,29)22(30,31)23(32,33)24(34,35)25(36,37)38/h6-19H2,1-5H3. The Labute approximate surface area is 262 Å². The fourth-order valence-corrected chi connectivity index (χ4v) is 10.3.